The highest BCUT2D eigenvalue weighted by Crippen LogP contribution is 2.11. The maximum absolute atomic E-state index is 12.1. The average molecular weight is 305 g/mol. The molecular weight excluding hydrogens is 288 g/mol. The second-order valence-corrected chi connectivity index (χ2v) is 5.53. The van der Waals surface area contributed by atoms with E-state index in [9.17, 15) is 9.59 Å². The van der Waals surface area contributed by atoms with Crippen LogP contribution >= 0.6 is 11.6 Å². The molecule has 0 spiro atoms. The van der Waals surface area contributed by atoms with Crippen LogP contribution in [0, 0.1) is 6.92 Å². The highest BCUT2D eigenvalue weighted by molar-refractivity contribution is 6.30. The summed E-state index contributed by atoms with van der Waals surface area (Å²) in [7, 11) is 0. The zero-order chi connectivity index (χ0) is 15.4. The first kappa shape index (κ1) is 15.3. The van der Waals surface area contributed by atoms with Crippen LogP contribution in [0.5, 0.6) is 0 Å². The van der Waals surface area contributed by atoms with Gasteiger partial charge in [-0.25, -0.2) is 0 Å². The van der Waals surface area contributed by atoms with E-state index in [0.717, 1.165) is 11.3 Å². The predicted octanol–water partition coefficient (Wildman–Crippen LogP) is 2.70. The van der Waals surface area contributed by atoms with Crippen molar-refractivity contribution >= 4 is 17.5 Å². The molecule has 110 valence electrons. The zero-order valence-corrected chi connectivity index (χ0v) is 12.7. The van der Waals surface area contributed by atoms with Crippen molar-refractivity contribution in [2.45, 2.75) is 26.3 Å². The molecule has 2 rings (SSSR count). The minimum absolute atomic E-state index is 0.0839. The number of aromatic amines is 1. The molecule has 0 saturated heterocycles. The SMILES string of the molecule is Cc1ccc(C(=O)N[C@H](C)Cc2ccc(Cl)cc2)c(=O)[nH]1. The lowest BCUT2D eigenvalue weighted by Crippen LogP contribution is -2.37. The molecular formula is C16H17ClN2O2. The van der Waals surface area contributed by atoms with Gasteiger partial charge in [-0.2, -0.15) is 0 Å². The van der Waals surface area contributed by atoms with Gasteiger partial charge in [0.2, 0.25) is 0 Å². The minimum atomic E-state index is -0.369. The van der Waals surface area contributed by atoms with E-state index in [1.54, 1.807) is 19.1 Å². The van der Waals surface area contributed by atoms with Crippen molar-refractivity contribution in [1.29, 1.82) is 0 Å². The van der Waals surface area contributed by atoms with Crippen molar-refractivity contribution in [2.75, 3.05) is 0 Å². The van der Waals surface area contributed by atoms with Gasteiger partial charge >= 0.3 is 0 Å². The summed E-state index contributed by atoms with van der Waals surface area (Å²) in [5.41, 5.74) is 1.56. The predicted molar refractivity (Wildman–Crippen MR) is 83.9 cm³/mol. The summed E-state index contributed by atoms with van der Waals surface area (Å²) in [6, 6.07) is 10.6. The average Bonchev–Trinajstić information content (AvgIpc) is 2.41. The first-order chi connectivity index (χ1) is 9.95. The van der Waals surface area contributed by atoms with Crippen molar-refractivity contribution in [3.63, 3.8) is 0 Å². The van der Waals surface area contributed by atoms with Crippen LogP contribution in [-0.2, 0) is 6.42 Å². The van der Waals surface area contributed by atoms with E-state index in [1.165, 1.54) is 0 Å². The van der Waals surface area contributed by atoms with Crippen LogP contribution in [0.3, 0.4) is 0 Å². The molecule has 5 heteroatoms. The number of aryl methyl sites for hydroxylation is 1. The summed E-state index contributed by atoms with van der Waals surface area (Å²) in [5.74, 6) is -0.363. The van der Waals surface area contributed by atoms with Crippen molar-refractivity contribution in [3.8, 4) is 0 Å². The fourth-order valence-corrected chi connectivity index (χ4v) is 2.20. The van der Waals surface area contributed by atoms with E-state index in [4.69, 9.17) is 11.6 Å². The normalized spacial score (nSPS) is 12.0. The topological polar surface area (TPSA) is 62.0 Å². The van der Waals surface area contributed by atoms with E-state index >= 15 is 0 Å². The summed E-state index contributed by atoms with van der Waals surface area (Å²) in [6.07, 6.45) is 0.673. The highest BCUT2D eigenvalue weighted by atomic mass is 35.5. The van der Waals surface area contributed by atoms with E-state index in [-0.39, 0.29) is 23.1 Å². The van der Waals surface area contributed by atoms with Gasteiger partial charge in [-0.05, 0) is 50.1 Å². The fraction of sp³-hybridized carbons (Fsp3) is 0.250. The van der Waals surface area contributed by atoms with Crippen LogP contribution in [0.4, 0.5) is 0 Å². The number of amides is 1. The lowest BCUT2D eigenvalue weighted by atomic mass is 10.1. The van der Waals surface area contributed by atoms with Crippen LogP contribution in [0.1, 0.15) is 28.5 Å². The van der Waals surface area contributed by atoms with Crippen molar-refractivity contribution in [2.24, 2.45) is 0 Å². The summed E-state index contributed by atoms with van der Waals surface area (Å²) in [5, 5.41) is 3.51. The van der Waals surface area contributed by atoms with Gasteiger partial charge < -0.3 is 10.3 Å². The van der Waals surface area contributed by atoms with Gasteiger partial charge in [0, 0.05) is 16.8 Å². The molecule has 1 amide bonds. The molecule has 2 N–H and O–H groups in total. The van der Waals surface area contributed by atoms with Gasteiger partial charge in [0.25, 0.3) is 11.5 Å². The number of hydrogen-bond acceptors (Lipinski definition) is 2. The zero-order valence-electron chi connectivity index (χ0n) is 11.9. The third-order valence-electron chi connectivity index (χ3n) is 3.13. The number of rotatable bonds is 4. The van der Waals surface area contributed by atoms with Gasteiger partial charge in [-0.1, -0.05) is 23.7 Å². The smallest absolute Gasteiger partial charge is 0.260 e. The van der Waals surface area contributed by atoms with Crippen molar-refractivity contribution in [3.05, 3.63) is 68.6 Å². The Morgan fingerprint density at radius 1 is 1.24 bits per heavy atom. The molecule has 2 aromatic rings. The number of nitrogens with one attached hydrogen (secondary N) is 2. The van der Waals surface area contributed by atoms with E-state index < -0.39 is 0 Å². The van der Waals surface area contributed by atoms with Gasteiger partial charge in [-0.15, -0.1) is 0 Å². The summed E-state index contributed by atoms with van der Waals surface area (Å²) >= 11 is 5.83. The first-order valence-corrected chi connectivity index (χ1v) is 7.09. The third kappa shape index (κ3) is 4.20. The molecule has 0 bridgehead atoms. The molecule has 1 heterocycles. The van der Waals surface area contributed by atoms with Gasteiger partial charge in [0.15, 0.2) is 0 Å². The first-order valence-electron chi connectivity index (χ1n) is 6.71. The maximum atomic E-state index is 12.1. The molecule has 1 atom stereocenters. The molecule has 1 aromatic heterocycles. The van der Waals surface area contributed by atoms with Crippen molar-refractivity contribution < 1.29 is 4.79 Å². The summed E-state index contributed by atoms with van der Waals surface area (Å²) in [6.45, 7) is 3.67. The van der Waals surface area contributed by atoms with Gasteiger partial charge in [-0.3, -0.25) is 9.59 Å². The molecule has 0 aliphatic carbocycles. The third-order valence-corrected chi connectivity index (χ3v) is 3.38. The van der Waals surface area contributed by atoms with Crippen LogP contribution in [0.2, 0.25) is 5.02 Å². The second kappa shape index (κ2) is 6.59. The Kier molecular flexibility index (Phi) is 4.81. The quantitative estimate of drug-likeness (QED) is 0.912. The molecule has 0 aliphatic heterocycles. The molecule has 4 nitrogen and oxygen atoms in total. The standard InChI is InChI=1S/C16H17ClN2O2/c1-10-3-8-14(15(20)18-10)16(21)19-11(2)9-12-4-6-13(17)7-5-12/h3-8,11H,9H2,1-2H3,(H,18,20)(H,19,21)/t11-/m1/s1. The minimum Gasteiger partial charge on any atom is -0.349 e. The Morgan fingerprint density at radius 2 is 1.90 bits per heavy atom. The van der Waals surface area contributed by atoms with E-state index in [1.807, 2.05) is 31.2 Å². The van der Waals surface area contributed by atoms with Gasteiger partial charge in [0.1, 0.15) is 5.56 Å². The number of hydrogen-bond donors (Lipinski definition) is 2. The molecule has 1 aromatic carbocycles. The molecule has 0 saturated carbocycles. The number of pyridine rings is 1. The Balaban J connectivity index is 2.01. The van der Waals surface area contributed by atoms with E-state index in [2.05, 4.69) is 10.3 Å². The number of carbonyl (C=O) groups is 1. The fourth-order valence-electron chi connectivity index (χ4n) is 2.08. The Hall–Kier alpha value is -2.07. The number of aromatic nitrogens is 1. The molecule has 0 fully saturated rings. The number of halogens is 1. The maximum Gasteiger partial charge on any atom is 0.260 e. The Morgan fingerprint density at radius 3 is 2.52 bits per heavy atom. The second-order valence-electron chi connectivity index (χ2n) is 5.09. The summed E-state index contributed by atoms with van der Waals surface area (Å²) in [4.78, 5) is 26.4. The highest BCUT2D eigenvalue weighted by Gasteiger charge is 2.13. The molecule has 21 heavy (non-hydrogen) atoms. The van der Waals surface area contributed by atoms with Gasteiger partial charge in [0.05, 0.1) is 0 Å². The lowest BCUT2D eigenvalue weighted by Gasteiger charge is -2.14. The van der Waals surface area contributed by atoms with Crippen LogP contribution < -0.4 is 10.9 Å². The van der Waals surface area contributed by atoms with Crippen LogP contribution in [0.15, 0.2) is 41.2 Å². The Labute approximate surface area is 128 Å². The molecule has 0 radical (unpaired) electrons. The van der Waals surface area contributed by atoms with Crippen molar-refractivity contribution in [1.82, 2.24) is 10.3 Å². The lowest BCUT2D eigenvalue weighted by molar-refractivity contribution is 0.0938. The largest absolute Gasteiger partial charge is 0.349 e. The number of carbonyl (C=O) groups excluding carboxylic acids is 1. The molecule has 0 unspecified atom stereocenters. The van der Waals surface area contributed by atoms with E-state index in [0.29, 0.717) is 11.4 Å². The summed E-state index contributed by atoms with van der Waals surface area (Å²) < 4.78 is 0. The number of H-pyrrole nitrogens is 1. The Bertz CT molecular complexity index is 692. The monoisotopic (exact) mass is 304 g/mol. The van der Waals surface area contributed by atoms with Crippen LogP contribution in [0.25, 0.3) is 0 Å². The molecule has 0 aliphatic rings. The number of benzene rings is 1. The van der Waals surface area contributed by atoms with Crippen LogP contribution in [-0.4, -0.2) is 16.9 Å².